The molecule has 0 spiro atoms. The fraction of sp³-hybridized carbons (Fsp3) is 0.625. The second kappa shape index (κ2) is 5.83. The third-order valence-electron chi connectivity index (χ3n) is 3.29. The lowest BCUT2D eigenvalue weighted by atomic mass is 9.94. The van der Waals surface area contributed by atoms with Gasteiger partial charge in [-0.05, 0) is 64.8 Å². The van der Waals surface area contributed by atoms with E-state index in [0.717, 1.165) is 30.9 Å². The summed E-state index contributed by atoms with van der Waals surface area (Å²) in [5, 5.41) is 3.58. The highest BCUT2D eigenvalue weighted by Gasteiger charge is 2.28. The van der Waals surface area contributed by atoms with Gasteiger partial charge in [-0.3, -0.25) is 0 Å². The predicted molar refractivity (Wildman–Crippen MR) is 78.9 cm³/mol. The highest BCUT2D eigenvalue weighted by molar-refractivity contribution is 5.47. The van der Waals surface area contributed by atoms with Crippen LogP contribution in [0.1, 0.15) is 40.5 Å². The lowest BCUT2D eigenvalue weighted by Crippen LogP contribution is -2.40. The third kappa shape index (κ3) is 4.43. The molecule has 0 bridgehead atoms. The average Bonchev–Trinajstić information content (AvgIpc) is 2.30. The minimum Gasteiger partial charge on any atom is -0.491 e. The summed E-state index contributed by atoms with van der Waals surface area (Å²) in [4.78, 5) is 0. The fourth-order valence-electron chi connectivity index (χ4n) is 2.49. The number of rotatable bonds is 4. The first-order valence-electron chi connectivity index (χ1n) is 7.12. The van der Waals surface area contributed by atoms with Crippen LogP contribution in [0.5, 0.6) is 5.75 Å². The Morgan fingerprint density at radius 2 is 1.95 bits per heavy atom. The maximum Gasteiger partial charge on any atom is 0.119 e. The molecule has 1 aromatic rings. The van der Waals surface area contributed by atoms with Crippen LogP contribution in [0.15, 0.2) is 24.3 Å². The summed E-state index contributed by atoms with van der Waals surface area (Å²) in [5.41, 5.74) is 1.13. The van der Waals surface area contributed by atoms with Gasteiger partial charge < -0.3 is 14.8 Å². The molecule has 1 fully saturated rings. The maximum atomic E-state index is 5.74. The van der Waals surface area contributed by atoms with Crippen molar-refractivity contribution in [1.82, 2.24) is 0 Å². The fourth-order valence-corrected chi connectivity index (χ4v) is 2.49. The Hall–Kier alpha value is -1.22. The van der Waals surface area contributed by atoms with Crippen molar-refractivity contribution < 1.29 is 9.47 Å². The SMILES string of the molecule is CC(C)Oc1ccc(NC2CCOC(C)(C)C2)cc1. The molecule has 1 N–H and O–H groups in total. The second-order valence-electron chi connectivity index (χ2n) is 6.13. The minimum atomic E-state index is -0.0173. The zero-order chi connectivity index (χ0) is 13.9. The van der Waals surface area contributed by atoms with E-state index in [1.165, 1.54) is 0 Å². The molecule has 0 aliphatic carbocycles. The quantitative estimate of drug-likeness (QED) is 0.895. The largest absolute Gasteiger partial charge is 0.491 e. The maximum absolute atomic E-state index is 5.74. The van der Waals surface area contributed by atoms with Crippen LogP contribution in [-0.2, 0) is 4.74 Å². The summed E-state index contributed by atoms with van der Waals surface area (Å²) in [6.07, 6.45) is 2.32. The number of hydrogen-bond donors (Lipinski definition) is 1. The van der Waals surface area contributed by atoms with Gasteiger partial charge in [0.25, 0.3) is 0 Å². The van der Waals surface area contributed by atoms with E-state index >= 15 is 0 Å². The minimum absolute atomic E-state index is 0.0173. The van der Waals surface area contributed by atoms with Crippen LogP contribution in [0.3, 0.4) is 0 Å². The van der Waals surface area contributed by atoms with Crippen LogP contribution in [-0.4, -0.2) is 24.4 Å². The van der Waals surface area contributed by atoms with Crippen molar-refractivity contribution in [2.75, 3.05) is 11.9 Å². The van der Waals surface area contributed by atoms with E-state index in [1.807, 2.05) is 26.0 Å². The third-order valence-corrected chi connectivity index (χ3v) is 3.29. The molecular formula is C16H25NO2. The first-order valence-corrected chi connectivity index (χ1v) is 7.12. The molecule has 1 saturated heterocycles. The highest BCUT2D eigenvalue weighted by Crippen LogP contribution is 2.27. The first kappa shape index (κ1) is 14.2. The van der Waals surface area contributed by atoms with Crippen molar-refractivity contribution >= 4 is 5.69 Å². The molecule has 2 rings (SSSR count). The Morgan fingerprint density at radius 3 is 2.53 bits per heavy atom. The summed E-state index contributed by atoms with van der Waals surface area (Å²) in [5.74, 6) is 0.924. The van der Waals surface area contributed by atoms with Gasteiger partial charge in [0.05, 0.1) is 11.7 Å². The average molecular weight is 263 g/mol. The van der Waals surface area contributed by atoms with Crippen molar-refractivity contribution in [3.63, 3.8) is 0 Å². The zero-order valence-electron chi connectivity index (χ0n) is 12.4. The lowest BCUT2D eigenvalue weighted by Gasteiger charge is -2.36. The summed E-state index contributed by atoms with van der Waals surface area (Å²) >= 11 is 0. The topological polar surface area (TPSA) is 30.5 Å². The molecule has 1 heterocycles. The second-order valence-corrected chi connectivity index (χ2v) is 6.13. The lowest BCUT2D eigenvalue weighted by molar-refractivity contribution is -0.0553. The van der Waals surface area contributed by atoms with Crippen LogP contribution in [0, 0.1) is 0 Å². The summed E-state index contributed by atoms with van der Waals surface area (Å²) in [6, 6.07) is 8.69. The number of hydrogen-bond acceptors (Lipinski definition) is 3. The van der Waals surface area contributed by atoms with Crippen molar-refractivity contribution in [1.29, 1.82) is 0 Å². The number of anilines is 1. The zero-order valence-corrected chi connectivity index (χ0v) is 12.4. The molecule has 3 nitrogen and oxygen atoms in total. The van der Waals surface area contributed by atoms with Gasteiger partial charge in [0, 0.05) is 18.3 Å². The molecule has 0 radical (unpaired) electrons. The van der Waals surface area contributed by atoms with Gasteiger partial charge >= 0.3 is 0 Å². The van der Waals surface area contributed by atoms with Gasteiger partial charge in [-0.2, -0.15) is 0 Å². The molecule has 0 amide bonds. The Balaban J connectivity index is 1.92. The Labute approximate surface area is 116 Å². The Bertz CT molecular complexity index is 398. The summed E-state index contributed by atoms with van der Waals surface area (Å²) in [6.45, 7) is 9.21. The first-order chi connectivity index (χ1) is 8.94. The highest BCUT2D eigenvalue weighted by atomic mass is 16.5. The predicted octanol–water partition coefficient (Wildman–Crippen LogP) is 3.84. The van der Waals surface area contributed by atoms with Gasteiger partial charge in [-0.15, -0.1) is 0 Å². The molecule has 0 aromatic heterocycles. The molecule has 106 valence electrons. The standard InChI is InChI=1S/C16H25NO2/c1-12(2)19-15-7-5-13(6-8-15)17-14-9-10-18-16(3,4)11-14/h5-8,12,14,17H,9-11H2,1-4H3. The summed E-state index contributed by atoms with van der Waals surface area (Å²) in [7, 11) is 0. The normalized spacial score (nSPS) is 22.3. The van der Waals surface area contributed by atoms with Crippen molar-refractivity contribution in [2.45, 2.75) is 58.3 Å². The van der Waals surface area contributed by atoms with Crippen LogP contribution in [0.25, 0.3) is 0 Å². The molecular weight excluding hydrogens is 238 g/mol. The molecule has 1 aromatic carbocycles. The van der Waals surface area contributed by atoms with E-state index in [9.17, 15) is 0 Å². The smallest absolute Gasteiger partial charge is 0.119 e. The molecule has 1 atom stereocenters. The van der Waals surface area contributed by atoms with Crippen molar-refractivity contribution in [3.8, 4) is 5.75 Å². The van der Waals surface area contributed by atoms with Crippen molar-refractivity contribution in [2.24, 2.45) is 0 Å². The monoisotopic (exact) mass is 263 g/mol. The Kier molecular flexibility index (Phi) is 4.35. The van der Waals surface area contributed by atoms with Crippen LogP contribution in [0.2, 0.25) is 0 Å². The summed E-state index contributed by atoms with van der Waals surface area (Å²) < 4.78 is 11.4. The molecule has 1 aliphatic heterocycles. The van der Waals surface area contributed by atoms with Gasteiger partial charge in [0.2, 0.25) is 0 Å². The molecule has 1 aliphatic rings. The van der Waals surface area contributed by atoms with E-state index in [0.29, 0.717) is 6.04 Å². The van der Waals surface area contributed by atoms with Crippen molar-refractivity contribution in [3.05, 3.63) is 24.3 Å². The van der Waals surface area contributed by atoms with Gasteiger partial charge in [-0.1, -0.05) is 0 Å². The van der Waals surface area contributed by atoms with E-state index < -0.39 is 0 Å². The van der Waals surface area contributed by atoms with E-state index in [4.69, 9.17) is 9.47 Å². The number of benzene rings is 1. The molecule has 3 heteroatoms. The number of nitrogens with one attached hydrogen (secondary N) is 1. The van der Waals surface area contributed by atoms with Crippen LogP contribution < -0.4 is 10.1 Å². The Morgan fingerprint density at radius 1 is 1.26 bits per heavy atom. The van der Waals surface area contributed by atoms with Gasteiger partial charge in [0.1, 0.15) is 5.75 Å². The molecule has 19 heavy (non-hydrogen) atoms. The molecule has 0 saturated carbocycles. The van der Waals surface area contributed by atoms with Gasteiger partial charge in [-0.25, -0.2) is 0 Å². The van der Waals surface area contributed by atoms with Gasteiger partial charge in [0.15, 0.2) is 0 Å². The molecule has 1 unspecified atom stereocenters. The van der Waals surface area contributed by atoms with E-state index in [1.54, 1.807) is 0 Å². The van der Waals surface area contributed by atoms with Crippen LogP contribution >= 0.6 is 0 Å². The van der Waals surface area contributed by atoms with E-state index in [-0.39, 0.29) is 11.7 Å². The van der Waals surface area contributed by atoms with E-state index in [2.05, 4.69) is 31.3 Å². The van der Waals surface area contributed by atoms with Crippen LogP contribution in [0.4, 0.5) is 5.69 Å². The number of ether oxygens (including phenoxy) is 2.